The summed E-state index contributed by atoms with van der Waals surface area (Å²) in [6, 6.07) is 11.2. The molecule has 3 rings (SSSR count). The van der Waals surface area contributed by atoms with Gasteiger partial charge in [-0.1, -0.05) is 45.2 Å². The number of fused-ring (bicyclic) bond motifs is 2. The molecule has 4 unspecified atom stereocenters. The number of hydrogen-bond acceptors (Lipinski definition) is 0. The van der Waals surface area contributed by atoms with E-state index < -0.39 is 0 Å². The van der Waals surface area contributed by atoms with E-state index in [2.05, 4.69) is 37.3 Å². The van der Waals surface area contributed by atoms with Gasteiger partial charge in [-0.15, -0.1) is 0 Å². The maximum atomic E-state index is 2.48. The lowest BCUT2D eigenvalue weighted by atomic mass is 10.0. The molecule has 0 spiro atoms. The van der Waals surface area contributed by atoms with E-state index >= 15 is 0 Å². The molecule has 1 aliphatic heterocycles. The van der Waals surface area contributed by atoms with Crippen molar-refractivity contribution in [3.05, 3.63) is 30.3 Å². The molecule has 1 aromatic carbocycles. The molecule has 0 nitrogen and oxygen atoms in total. The molecule has 1 heterocycles. The Labute approximate surface area is 87.5 Å². The van der Waals surface area contributed by atoms with Crippen LogP contribution < -0.4 is 5.30 Å². The van der Waals surface area contributed by atoms with Gasteiger partial charge in [0.25, 0.3) is 0 Å². The maximum Gasteiger partial charge on any atom is -0.0140 e. The zero-order valence-electron chi connectivity index (χ0n) is 8.69. The lowest BCUT2D eigenvalue weighted by Crippen LogP contribution is -2.12. The van der Waals surface area contributed by atoms with Crippen LogP contribution in [0.25, 0.3) is 0 Å². The van der Waals surface area contributed by atoms with Crippen molar-refractivity contribution < 1.29 is 0 Å². The second-order valence-corrected chi connectivity index (χ2v) is 7.24. The standard InChI is InChI=1S/C13H17P/c1-10-11-7-8-13(10)14(9-11)12-5-3-2-4-6-12/h2-6,10-11,13H,7-9H2,1H3. The molecule has 14 heavy (non-hydrogen) atoms. The van der Waals surface area contributed by atoms with Crippen molar-refractivity contribution in [3.8, 4) is 0 Å². The monoisotopic (exact) mass is 204 g/mol. The summed E-state index contributed by atoms with van der Waals surface area (Å²) in [5.74, 6) is 2.08. The Morgan fingerprint density at radius 2 is 1.93 bits per heavy atom. The minimum absolute atomic E-state index is 0.207. The second-order valence-electron chi connectivity index (χ2n) is 4.75. The summed E-state index contributed by atoms with van der Waals surface area (Å²) in [7, 11) is 0.207. The molecule has 2 fully saturated rings. The molecule has 0 amide bonds. The fraction of sp³-hybridized carbons (Fsp3) is 0.538. The van der Waals surface area contributed by atoms with Gasteiger partial charge < -0.3 is 0 Å². The average Bonchev–Trinajstić information content (AvgIpc) is 2.76. The van der Waals surface area contributed by atoms with E-state index in [1.165, 1.54) is 19.0 Å². The van der Waals surface area contributed by atoms with Crippen molar-refractivity contribution in [2.24, 2.45) is 11.8 Å². The van der Waals surface area contributed by atoms with Gasteiger partial charge in [-0.25, -0.2) is 0 Å². The van der Waals surface area contributed by atoms with Crippen molar-refractivity contribution >= 4 is 13.2 Å². The van der Waals surface area contributed by atoms with Crippen molar-refractivity contribution in [2.75, 3.05) is 6.16 Å². The molecule has 2 bridgehead atoms. The zero-order valence-corrected chi connectivity index (χ0v) is 9.58. The molecule has 2 aliphatic rings. The lowest BCUT2D eigenvalue weighted by Gasteiger charge is -2.22. The molecule has 0 radical (unpaired) electrons. The van der Waals surface area contributed by atoms with Gasteiger partial charge in [-0.3, -0.25) is 0 Å². The Balaban J connectivity index is 1.89. The molecule has 1 saturated carbocycles. The number of hydrogen-bond donors (Lipinski definition) is 0. The first-order valence-corrected chi connectivity index (χ1v) is 7.27. The highest BCUT2D eigenvalue weighted by atomic mass is 31.1. The van der Waals surface area contributed by atoms with Gasteiger partial charge in [0, 0.05) is 0 Å². The topological polar surface area (TPSA) is 0 Å². The van der Waals surface area contributed by atoms with Crippen LogP contribution in [-0.2, 0) is 0 Å². The molecule has 1 heteroatoms. The quantitative estimate of drug-likeness (QED) is 0.616. The number of benzene rings is 1. The fourth-order valence-corrected chi connectivity index (χ4v) is 6.94. The highest BCUT2D eigenvalue weighted by Crippen LogP contribution is 2.61. The highest BCUT2D eigenvalue weighted by Gasteiger charge is 2.45. The minimum Gasteiger partial charge on any atom is -0.0716 e. The molecule has 0 aromatic heterocycles. The predicted molar refractivity (Wildman–Crippen MR) is 63.5 cm³/mol. The largest absolute Gasteiger partial charge is 0.0716 e. The molecule has 1 saturated heterocycles. The Morgan fingerprint density at radius 3 is 2.50 bits per heavy atom. The highest BCUT2D eigenvalue weighted by molar-refractivity contribution is 7.66. The smallest absolute Gasteiger partial charge is 0.0140 e. The summed E-state index contributed by atoms with van der Waals surface area (Å²) >= 11 is 0. The number of rotatable bonds is 1. The molecular weight excluding hydrogens is 187 g/mol. The van der Waals surface area contributed by atoms with Crippen LogP contribution in [0.3, 0.4) is 0 Å². The summed E-state index contributed by atoms with van der Waals surface area (Å²) in [5, 5.41) is 1.65. The average molecular weight is 204 g/mol. The van der Waals surface area contributed by atoms with E-state index in [-0.39, 0.29) is 7.92 Å². The summed E-state index contributed by atoms with van der Waals surface area (Å²) in [4.78, 5) is 0. The van der Waals surface area contributed by atoms with Crippen molar-refractivity contribution in [3.63, 3.8) is 0 Å². The van der Waals surface area contributed by atoms with Crippen LogP contribution >= 0.6 is 7.92 Å². The first kappa shape index (κ1) is 8.92. The van der Waals surface area contributed by atoms with Crippen LogP contribution in [0.15, 0.2) is 30.3 Å². The van der Waals surface area contributed by atoms with Gasteiger partial charge in [0.05, 0.1) is 0 Å². The van der Waals surface area contributed by atoms with E-state index in [0.29, 0.717) is 0 Å². The zero-order chi connectivity index (χ0) is 9.54. The van der Waals surface area contributed by atoms with Gasteiger partial charge in [0.15, 0.2) is 0 Å². The Morgan fingerprint density at radius 1 is 1.14 bits per heavy atom. The summed E-state index contributed by atoms with van der Waals surface area (Å²) in [6.07, 6.45) is 4.54. The molecule has 1 aromatic rings. The van der Waals surface area contributed by atoms with Crippen molar-refractivity contribution in [1.82, 2.24) is 0 Å². The van der Waals surface area contributed by atoms with Crippen LogP contribution in [0.1, 0.15) is 19.8 Å². The van der Waals surface area contributed by atoms with E-state index in [0.717, 1.165) is 17.5 Å². The molecule has 4 atom stereocenters. The molecule has 1 aliphatic carbocycles. The summed E-state index contributed by atoms with van der Waals surface area (Å²) in [5.41, 5.74) is 1.05. The van der Waals surface area contributed by atoms with Gasteiger partial charge in [-0.05, 0) is 41.8 Å². The Kier molecular flexibility index (Phi) is 2.13. The summed E-state index contributed by atoms with van der Waals surface area (Å²) < 4.78 is 0. The predicted octanol–water partition coefficient (Wildman–Crippen LogP) is 3.22. The first-order valence-electron chi connectivity index (χ1n) is 5.68. The van der Waals surface area contributed by atoms with Gasteiger partial charge in [0.2, 0.25) is 0 Å². The minimum atomic E-state index is 0.207. The van der Waals surface area contributed by atoms with Gasteiger partial charge >= 0.3 is 0 Å². The van der Waals surface area contributed by atoms with Crippen molar-refractivity contribution in [2.45, 2.75) is 25.4 Å². The van der Waals surface area contributed by atoms with Crippen LogP contribution in [0.5, 0.6) is 0 Å². The third kappa shape index (κ3) is 1.24. The molecule has 0 N–H and O–H groups in total. The first-order chi connectivity index (χ1) is 6.86. The van der Waals surface area contributed by atoms with E-state index in [1.807, 2.05) is 0 Å². The molecule has 74 valence electrons. The van der Waals surface area contributed by atoms with Gasteiger partial charge in [0.1, 0.15) is 0 Å². The normalized spacial score (nSPS) is 40.4. The Hall–Kier alpha value is -0.350. The van der Waals surface area contributed by atoms with E-state index in [1.54, 1.807) is 5.30 Å². The second kappa shape index (κ2) is 3.35. The fourth-order valence-electron chi connectivity index (χ4n) is 3.23. The van der Waals surface area contributed by atoms with Crippen LogP contribution in [0, 0.1) is 11.8 Å². The van der Waals surface area contributed by atoms with E-state index in [4.69, 9.17) is 0 Å². The molecular formula is C13H17P. The van der Waals surface area contributed by atoms with Crippen LogP contribution in [-0.4, -0.2) is 11.8 Å². The SMILES string of the molecule is CC1C2CCC1P(c1ccccc1)C2. The van der Waals surface area contributed by atoms with Gasteiger partial charge in [-0.2, -0.15) is 0 Å². The van der Waals surface area contributed by atoms with Crippen LogP contribution in [0.2, 0.25) is 0 Å². The third-order valence-electron chi connectivity index (χ3n) is 4.10. The Bertz CT molecular complexity index is 319. The maximum absolute atomic E-state index is 2.48. The lowest BCUT2D eigenvalue weighted by molar-refractivity contribution is 0.491. The van der Waals surface area contributed by atoms with Crippen LogP contribution in [0.4, 0.5) is 0 Å². The van der Waals surface area contributed by atoms with E-state index in [9.17, 15) is 0 Å². The third-order valence-corrected chi connectivity index (χ3v) is 7.46. The summed E-state index contributed by atoms with van der Waals surface area (Å²) in [6.45, 7) is 2.48. The van der Waals surface area contributed by atoms with Crippen molar-refractivity contribution in [1.29, 1.82) is 0 Å².